The number of hydrogen-bond acceptors (Lipinski definition) is 2. The molecule has 0 saturated carbocycles. The van der Waals surface area contributed by atoms with Crippen molar-refractivity contribution < 1.29 is 4.74 Å². The van der Waals surface area contributed by atoms with Crippen LogP contribution in [0.5, 0.6) is 0 Å². The molecular weight excluding hydrogens is 234 g/mol. The summed E-state index contributed by atoms with van der Waals surface area (Å²) in [6.07, 6.45) is 5.93. The molecule has 1 aromatic rings. The minimum atomic E-state index is -0.0457. The summed E-state index contributed by atoms with van der Waals surface area (Å²) in [5.74, 6) is 0.0721. The van der Waals surface area contributed by atoms with Crippen LogP contribution in [0.15, 0.2) is 18.2 Å². The van der Waals surface area contributed by atoms with E-state index < -0.39 is 0 Å². The van der Waals surface area contributed by atoms with Crippen molar-refractivity contribution in [3.63, 3.8) is 0 Å². The summed E-state index contributed by atoms with van der Waals surface area (Å²) in [6, 6.07) is 9.38. The van der Waals surface area contributed by atoms with Gasteiger partial charge in [-0.05, 0) is 48.8 Å². The molecule has 2 heteroatoms. The molecule has 0 spiro atoms. The smallest absolute Gasteiger partial charge is 0.0666 e. The lowest BCUT2D eigenvalue weighted by Crippen LogP contribution is -2.52. The van der Waals surface area contributed by atoms with E-state index in [0.717, 1.165) is 6.42 Å². The highest BCUT2D eigenvalue weighted by Crippen LogP contribution is 2.42. The molecule has 0 N–H and O–H groups in total. The first-order chi connectivity index (χ1) is 9.30. The molecule has 2 nitrogen and oxygen atoms in total. The zero-order valence-corrected chi connectivity index (χ0v) is 11.6. The Bertz CT molecular complexity index is 510. The highest BCUT2D eigenvalue weighted by Gasteiger charge is 2.46. The zero-order chi connectivity index (χ0) is 13.3. The maximum absolute atomic E-state index is 9.42. The Hall–Kier alpha value is -1.33. The van der Waals surface area contributed by atoms with E-state index in [1.165, 1.54) is 42.4 Å². The monoisotopic (exact) mass is 255 g/mol. The SMILES string of the molecule is CCC(C#N)C1(c2ccc3c(c2)CCCC3)COC1. The maximum atomic E-state index is 9.42. The fraction of sp³-hybridized carbons (Fsp3) is 0.588. The van der Waals surface area contributed by atoms with Crippen LogP contribution in [0.1, 0.15) is 42.9 Å². The number of hydrogen-bond donors (Lipinski definition) is 0. The standard InChI is InChI=1S/C17H21NO/c1-2-15(10-18)17(11-19-12-17)16-8-7-13-5-3-4-6-14(13)9-16/h7-9,15H,2-6,11-12H2,1H3. The average molecular weight is 255 g/mol. The van der Waals surface area contributed by atoms with Crippen LogP contribution >= 0.6 is 0 Å². The predicted octanol–water partition coefficient (Wildman–Crippen LogP) is 3.38. The van der Waals surface area contributed by atoms with Crippen molar-refractivity contribution in [2.45, 2.75) is 44.4 Å². The predicted molar refractivity (Wildman–Crippen MR) is 75.0 cm³/mol. The van der Waals surface area contributed by atoms with Crippen LogP contribution in [0.4, 0.5) is 0 Å². The van der Waals surface area contributed by atoms with Crippen LogP contribution in [0, 0.1) is 17.2 Å². The summed E-state index contributed by atoms with van der Waals surface area (Å²) < 4.78 is 5.47. The molecule has 3 rings (SSSR count). The molecule has 1 atom stereocenters. The molecule has 100 valence electrons. The number of ether oxygens (including phenoxy) is 1. The molecule has 1 aliphatic heterocycles. The Kier molecular flexibility index (Phi) is 3.33. The van der Waals surface area contributed by atoms with Crippen LogP contribution < -0.4 is 0 Å². The second-order valence-corrected chi connectivity index (χ2v) is 5.93. The van der Waals surface area contributed by atoms with Crippen LogP contribution in [-0.4, -0.2) is 13.2 Å². The lowest BCUT2D eigenvalue weighted by molar-refractivity contribution is -0.0805. The minimum Gasteiger partial charge on any atom is -0.379 e. The Morgan fingerprint density at radius 3 is 2.58 bits per heavy atom. The zero-order valence-electron chi connectivity index (χ0n) is 11.6. The van der Waals surface area contributed by atoms with Gasteiger partial charge in [-0.1, -0.05) is 25.1 Å². The molecule has 2 aliphatic rings. The van der Waals surface area contributed by atoms with E-state index in [0.29, 0.717) is 13.2 Å². The van der Waals surface area contributed by atoms with E-state index in [9.17, 15) is 5.26 Å². The fourth-order valence-electron chi connectivity index (χ4n) is 3.54. The molecule has 0 aromatic heterocycles. The van der Waals surface area contributed by atoms with Crippen LogP contribution in [0.25, 0.3) is 0 Å². The quantitative estimate of drug-likeness (QED) is 0.829. The van der Waals surface area contributed by atoms with E-state index in [-0.39, 0.29) is 11.3 Å². The normalized spacial score (nSPS) is 21.9. The van der Waals surface area contributed by atoms with Gasteiger partial charge in [-0.2, -0.15) is 5.26 Å². The Morgan fingerprint density at radius 1 is 1.26 bits per heavy atom. The first-order valence-electron chi connectivity index (χ1n) is 7.40. The van der Waals surface area contributed by atoms with Gasteiger partial charge in [0.05, 0.1) is 30.6 Å². The fourth-order valence-corrected chi connectivity index (χ4v) is 3.54. The van der Waals surface area contributed by atoms with Gasteiger partial charge in [0.1, 0.15) is 0 Å². The van der Waals surface area contributed by atoms with Crippen LogP contribution in [-0.2, 0) is 23.0 Å². The van der Waals surface area contributed by atoms with Crippen molar-refractivity contribution in [1.29, 1.82) is 5.26 Å². The maximum Gasteiger partial charge on any atom is 0.0666 e. The third kappa shape index (κ3) is 1.97. The van der Waals surface area contributed by atoms with Crippen molar-refractivity contribution in [3.8, 4) is 6.07 Å². The van der Waals surface area contributed by atoms with Gasteiger partial charge < -0.3 is 4.74 Å². The highest BCUT2D eigenvalue weighted by atomic mass is 16.5. The van der Waals surface area contributed by atoms with E-state index in [1.807, 2.05) is 0 Å². The van der Waals surface area contributed by atoms with Crippen LogP contribution in [0.2, 0.25) is 0 Å². The summed E-state index contributed by atoms with van der Waals surface area (Å²) in [7, 11) is 0. The molecule has 1 fully saturated rings. The van der Waals surface area contributed by atoms with Crippen molar-refractivity contribution in [2.75, 3.05) is 13.2 Å². The largest absolute Gasteiger partial charge is 0.379 e. The van der Waals surface area contributed by atoms with Gasteiger partial charge in [-0.15, -0.1) is 0 Å². The molecule has 1 aromatic carbocycles. The topological polar surface area (TPSA) is 33.0 Å². The summed E-state index contributed by atoms with van der Waals surface area (Å²) in [5.41, 5.74) is 4.29. The first kappa shape index (κ1) is 12.7. The van der Waals surface area contributed by atoms with Crippen LogP contribution in [0.3, 0.4) is 0 Å². The van der Waals surface area contributed by atoms with Crippen molar-refractivity contribution in [2.24, 2.45) is 5.92 Å². The van der Waals surface area contributed by atoms with Crippen molar-refractivity contribution in [1.82, 2.24) is 0 Å². The van der Waals surface area contributed by atoms with Gasteiger partial charge in [0.25, 0.3) is 0 Å². The summed E-state index contributed by atoms with van der Waals surface area (Å²) >= 11 is 0. The molecule has 19 heavy (non-hydrogen) atoms. The molecule has 0 amide bonds. The molecular formula is C17H21NO. The van der Waals surface area contributed by atoms with Crippen molar-refractivity contribution in [3.05, 3.63) is 34.9 Å². The van der Waals surface area contributed by atoms with Gasteiger partial charge in [-0.25, -0.2) is 0 Å². The number of rotatable bonds is 3. The Balaban J connectivity index is 1.98. The number of aryl methyl sites for hydroxylation is 2. The molecule has 1 unspecified atom stereocenters. The number of nitriles is 1. The molecule has 1 heterocycles. The van der Waals surface area contributed by atoms with Crippen molar-refractivity contribution >= 4 is 0 Å². The molecule has 0 radical (unpaired) electrons. The third-order valence-electron chi connectivity index (χ3n) is 4.87. The number of nitrogens with zero attached hydrogens (tertiary/aromatic N) is 1. The molecule has 0 bridgehead atoms. The molecule has 1 saturated heterocycles. The lowest BCUT2D eigenvalue weighted by Gasteiger charge is -2.45. The van der Waals surface area contributed by atoms with Gasteiger partial charge in [0.2, 0.25) is 0 Å². The summed E-state index contributed by atoms with van der Waals surface area (Å²) in [6.45, 7) is 3.52. The van der Waals surface area contributed by atoms with E-state index >= 15 is 0 Å². The Labute approximate surface area is 115 Å². The van der Waals surface area contributed by atoms with Gasteiger partial charge >= 0.3 is 0 Å². The molecule has 1 aliphatic carbocycles. The number of benzene rings is 1. The van der Waals surface area contributed by atoms with Gasteiger partial charge in [0.15, 0.2) is 0 Å². The first-order valence-corrected chi connectivity index (χ1v) is 7.40. The Morgan fingerprint density at radius 2 is 2.00 bits per heavy atom. The van der Waals surface area contributed by atoms with E-state index in [4.69, 9.17) is 4.74 Å². The second-order valence-electron chi connectivity index (χ2n) is 5.93. The average Bonchev–Trinajstić information content (AvgIpc) is 2.42. The minimum absolute atomic E-state index is 0.0457. The highest BCUT2D eigenvalue weighted by molar-refractivity contribution is 5.40. The van der Waals surface area contributed by atoms with Gasteiger partial charge in [-0.3, -0.25) is 0 Å². The lowest BCUT2D eigenvalue weighted by atomic mass is 9.67. The summed E-state index contributed by atoms with van der Waals surface area (Å²) in [4.78, 5) is 0. The summed E-state index contributed by atoms with van der Waals surface area (Å²) in [5, 5.41) is 9.42. The number of fused-ring (bicyclic) bond motifs is 1. The second kappa shape index (κ2) is 4.98. The van der Waals surface area contributed by atoms with E-state index in [2.05, 4.69) is 31.2 Å². The third-order valence-corrected chi connectivity index (χ3v) is 4.87. The van der Waals surface area contributed by atoms with E-state index in [1.54, 1.807) is 0 Å². The van der Waals surface area contributed by atoms with Gasteiger partial charge in [0, 0.05) is 0 Å².